The van der Waals surface area contributed by atoms with Gasteiger partial charge in [0.2, 0.25) is 0 Å². The molecule has 0 aliphatic rings. The summed E-state index contributed by atoms with van der Waals surface area (Å²) >= 11 is 8.42. The van der Waals surface area contributed by atoms with Crippen LogP contribution in [-0.4, -0.2) is 4.92 Å². The Hall–Kier alpha value is -0.760. The third-order valence-corrected chi connectivity index (χ3v) is 5.39. The van der Waals surface area contributed by atoms with Crippen LogP contribution in [0.15, 0.2) is 38.6 Å². The van der Waals surface area contributed by atoms with Crippen molar-refractivity contribution in [2.24, 2.45) is 0 Å². The summed E-state index contributed by atoms with van der Waals surface area (Å²) in [7, 11) is 0. The Bertz CT molecular complexity index is 601. The Balaban J connectivity index is 2.02. The third kappa shape index (κ3) is 3.62. The van der Waals surface area contributed by atoms with E-state index in [1.807, 2.05) is 17.5 Å². The second-order valence-electron chi connectivity index (χ2n) is 3.80. The van der Waals surface area contributed by atoms with Gasteiger partial charge in [0.15, 0.2) is 0 Å². The van der Waals surface area contributed by atoms with Crippen LogP contribution in [0.1, 0.15) is 10.4 Å². The molecule has 0 fully saturated rings. The normalized spacial score (nSPS) is 10.6. The number of thiophene rings is 1. The summed E-state index contributed by atoms with van der Waals surface area (Å²) in [5, 5.41) is 16.1. The van der Waals surface area contributed by atoms with Crippen LogP contribution in [0.5, 0.6) is 0 Å². The van der Waals surface area contributed by atoms with E-state index < -0.39 is 0 Å². The van der Waals surface area contributed by atoms with E-state index in [0.717, 1.165) is 16.6 Å². The number of benzene rings is 1. The van der Waals surface area contributed by atoms with E-state index in [9.17, 15) is 10.1 Å². The van der Waals surface area contributed by atoms with E-state index in [4.69, 9.17) is 0 Å². The molecule has 1 aromatic heterocycles. The molecule has 1 N–H and O–H groups in total. The van der Waals surface area contributed by atoms with Crippen LogP contribution in [0, 0.1) is 10.1 Å². The highest BCUT2D eigenvalue weighted by atomic mass is 79.9. The highest BCUT2D eigenvalue weighted by molar-refractivity contribution is 9.11. The fourth-order valence-electron chi connectivity index (χ4n) is 1.61. The number of nitrogens with one attached hydrogen (secondary N) is 1. The van der Waals surface area contributed by atoms with Gasteiger partial charge in [-0.1, -0.05) is 12.1 Å². The molecule has 100 valence electrons. The van der Waals surface area contributed by atoms with Crippen molar-refractivity contribution in [1.29, 1.82) is 0 Å². The second-order valence-corrected chi connectivity index (χ2v) is 6.45. The van der Waals surface area contributed by atoms with E-state index in [-0.39, 0.29) is 10.6 Å². The average Bonchev–Trinajstić information content (AvgIpc) is 2.77. The molecule has 0 radical (unpaired) electrons. The monoisotopic (exact) mass is 404 g/mol. The molecule has 1 heterocycles. The second kappa shape index (κ2) is 6.60. The van der Waals surface area contributed by atoms with Crippen LogP contribution in [0.4, 0.5) is 5.69 Å². The van der Waals surface area contributed by atoms with Crippen LogP contribution < -0.4 is 5.32 Å². The number of nitrogens with zero attached hydrogens (tertiary/aromatic N) is 1. The quantitative estimate of drug-likeness (QED) is 0.589. The van der Waals surface area contributed by atoms with Crippen molar-refractivity contribution in [2.75, 3.05) is 0 Å². The smallest absolute Gasteiger partial charge is 0.283 e. The van der Waals surface area contributed by atoms with Crippen LogP contribution in [-0.2, 0) is 13.1 Å². The Morgan fingerprint density at radius 2 is 2.05 bits per heavy atom. The van der Waals surface area contributed by atoms with Crippen molar-refractivity contribution in [3.63, 3.8) is 0 Å². The number of nitro benzene ring substituents is 1. The molecule has 2 aromatic rings. The fraction of sp³-hybridized carbons (Fsp3) is 0.167. The Morgan fingerprint density at radius 1 is 1.26 bits per heavy atom. The van der Waals surface area contributed by atoms with Gasteiger partial charge in [-0.15, -0.1) is 11.3 Å². The first-order chi connectivity index (χ1) is 9.09. The molecule has 0 atom stereocenters. The van der Waals surface area contributed by atoms with Crippen molar-refractivity contribution in [3.8, 4) is 0 Å². The third-order valence-electron chi connectivity index (χ3n) is 2.55. The summed E-state index contributed by atoms with van der Waals surface area (Å²) in [4.78, 5) is 11.7. The largest absolute Gasteiger partial charge is 0.308 e. The highest BCUT2D eigenvalue weighted by Crippen LogP contribution is 2.28. The summed E-state index contributed by atoms with van der Waals surface area (Å²) in [6.07, 6.45) is 0. The standard InChI is InChI=1S/C12H10Br2N2O2S/c13-9-4-5-19-11(9)7-15-6-8-2-1-3-10(12(8)14)16(17)18/h1-5,15H,6-7H2. The molecule has 0 saturated heterocycles. The van der Waals surface area contributed by atoms with Crippen molar-refractivity contribution in [1.82, 2.24) is 5.32 Å². The van der Waals surface area contributed by atoms with Gasteiger partial charge in [-0.2, -0.15) is 0 Å². The summed E-state index contributed by atoms with van der Waals surface area (Å²) in [6.45, 7) is 1.31. The van der Waals surface area contributed by atoms with Crippen molar-refractivity contribution in [2.45, 2.75) is 13.1 Å². The summed E-state index contributed by atoms with van der Waals surface area (Å²) in [5.41, 5.74) is 0.971. The molecule has 7 heteroatoms. The predicted molar refractivity (Wildman–Crippen MR) is 83.4 cm³/mol. The minimum absolute atomic E-state index is 0.0941. The van der Waals surface area contributed by atoms with E-state index in [1.54, 1.807) is 17.4 Å². The van der Waals surface area contributed by atoms with E-state index >= 15 is 0 Å². The maximum Gasteiger partial charge on any atom is 0.283 e. The lowest BCUT2D eigenvalue weighted by Crippen LogP contribution is -2.12. The predicted octanol–water partition coefficient (Wildman–Crippen LogP) is 4.47. The summed E-state index contributed by atoms with van der Waals surface area (Å²) in [6, 6.07) is 7.06. The maximum atomic E-state index is 10.8. The Morgan fingerprint density at radius 3 is 2.68 bits per heavy atom. The molecule has 19 heavy (non-hydrogen) atoms. The molecular weight excluding hydrogens is 396 g/mol. The van der Waals surface area contributed by atoms with E-state index in [2.05, 4.69) is 37.2 Å². The van der Waals surface area contributed by atoms with Crippen molar-refractivity contribution >= 4 is 48.9 Å². The van der Waals surface area contributed by atoms with Crippen LogP contribution in [0.2, 0.25) is 0 Å². The molecule has 0 aliphatic carbocycles. The van der Waals surface area contributed by atoms with Crippen LogP contribution in [0.25, 0.3) is 0 Å². The first-order valence-corrected chi connectivity index (χ1v) is 7.90. The molecule has 0 unspecified atom stereocenters. The van der Waals surface area contributed by atoms with Gasteiger partial charge in [-0.05, 0) is 48.9 Å². The van der Waals surface area contributed by atoms with Crippen molar-refractivity contribution in [3.05, 3.63) is 59.1 Å². The number of halogens is 2. The van der Waals surface area contributed by atoms with Gasteiger partial charge in [-0.3, -0.25) is 10.1 Å². The van der Waals surface area contributed by atoms with Gasteiger partial charge >= 0.3 is 0 Å². The number of rotatable bonds is 5. The molecule has 2 rings (SSSR count). The maximum absolute atomic E-state index is 10.8. The molecule has 4 nitrogen and oxygen atoms in total. The lowest BCUT2D eigenvalue weighted by atomic mass is 10.2. The lowest BCUT2D eigenvalue weighted by Gasteiger charge is -2.06. The minimum atomic E-state index is -0.385. The lowest BCUT2D eigenvalue weighted by molar-refractivity contribution is -0.385. The zero-order chi connectivity index (χ0) is 13.8. The molecular formula is C12H10Br2N2O2S. The molecule has 0 bridgehead atoms. The SMILES string of the molecule is O=[N+]([O-])c1cccc(CNCc2sccc2Br)c1Br. The van der Waals surface area contributed by atoms with Crippen LogP contribution in [0.3, 0.4) is 0 Å². The number of nitro groups is 1. The zero-order valence-corrected chi connectivity index (χ0v) is 13.7. The molecule has 0 spiro atoms. The van der Waals surface area contributed by atoms with Crippen LogP contribution >= 0.6 is 43.2 Å². The number of hydrogen-bond donors (Lipinski definition) is 1. The molecule has 0 amide bonds. The summed E-state index contributed by atoms with van der Waals surface area (Å²) < 4.78 is 1.63. The minimum Gasteiger partial charge on any atom is -0.308 e. The van der Waals surface area contributed by atoms with E-state index in [1.165, 1.54) is 10.9 Å². The fourth-order valence-corrected chi connectivity index (χ4v) is 3.62. The topological polar surface area (TPSA) is 55.2 Å². The van der Waals surface area contributed by atoms with Gasteiger partial charge in [0.25, 0.3) is 5.69 Å². The highest BCUT2D eigenvalue weighted by Gasteiger charge is 2.14. The van der Waals surface area contributed by atoms with Gasteiger partial charge in [-0.25, -0.2) is 0 Å². The Labute approximate surface area is 131 Å². The average molecular weight is 406 g/mol. The first-order valence-electron chi connectivity index (χ1n) is 5.44. The molecule has 0 saturated carbocycles. The van der Waals surface area contributed by atoms with Gasteiger partial charge in [0.1, 0.15) is 0 Å². The summed E-state index contributed by atoms with van der Waals surface area (Å²) in [5.74, 6) is 0. The van der Waals surface area contributed by atoms with E-state index in [0.29, 0.717) is 11.0 Å². The number of hydrogen-bond acceptors (Lipinski definition) is 4. The molecule has 0 aliphatic heterocycles. The Kier molecular flexibility index (Phi) is 5.09. The van der Waals surface area contributed by atoms with Crippen molar-refractivity contribution < 1.29 is 4.92 Å². The van der Waals surface area contributed by atoms with Gasteiger partial charge in [0.05, 0.1) is 9.40 Å². The van der Waals surface area contributed by atoms with Gasteiger partial charge < -0.3 is 5.32 Å². The first kappa shape index (κ1) is 14.6. The zero-order valence-electron chi connectivity index (χ0n) is 9.73. The van der Waals surface area contributed by atoms with Gasteiger partial charge in [0, 0.05) is 28.5 Å². The molecule has 1 aromatic carbocycles.